The molecule has 0 aliphatic heterocycles. The molecule has 0 spiro atoms. The van der Waals surface area contributed by atoms with Crippen LogP contribution < -0.4 is 4.74 Å². The normalized spacial score (nSPS) is 12.4. The highest BCUT2D eigenvalue weighted by Gasteiger charge is 2.12. The summed E-state index contributed by atoms with van der Waals surface area (Å²) in [5, 5.41) is 10.0. The van der Waals surface area contributed by atoms with E-state index in [1.54, 1.807) is 13.2 Å². The molecule has 2 heterocycles. The maximum absolute atomic E-state index is 10.0. The Hall–Kier alpha value is -0.980. The number of nitrogens with zero attached hydrogens (tertiary/aromatic N) is 2. The fraction of sp³-hybridized carbons (Fsp3) is 0.273. The van der Waals surface area contributed by atoms with E-state index in [4.69, 9.17) is 4.74 Å². The lowest BCUT2D eigenvalue weighted by molar-refractivity contribution is 0.181. The highest BCUT2D eigenvalue weighted by Crippen LogP contribution is 2.29. The van der Waals surface area contributed by atoms with Crippen LogP contribution in [0, 0.1) is 0 Å². The first-order valence-corrected chi connectivity index (χ1v) is 6.58. The predicted octanol–water partition coefficient (Wildman–Crippen LogP) is 2.59. The van der Waals surface area contributed by atoms with E-state index in [0.717, 1.165) is 14.4 Å². The SMILES string of the molecule is COc1cc(CC(O)c2ccc(Br)s2)ncn1. The van der Waals surface area contributed by atoms with Crippen LogP contribution in [0.1, 0.15) is 16.7 Å². The average molecular weight is 315 g/mol. The van der Waals surface area contributed by atoms with Gasteiger partial charge in [0.05, 0.1) is 22.7 Å². The van der Waals surface area contributed by atoms with Gasteiger partial charge in [0, 0.05) is 17.4 Å². The van der Waals surface area contributed by atoms with E-state index >= 15 is 0 Å². The van der Waals surface area contributed by atoms with E-state index in [1.165, 1.54) is 17.7 Å². The Kier molecular flexibility index (Phi) is 4.09. The molecule has 0 bridgehead atoms. The molecule has 6 heteroatoms. The van der Waals surface area contributed by atoms with Crippen molar-refractivity contribution in [3.8, 4) is 5.88 Å². The lowest BCUT2D eigenvalue weighted by Gasteiger charge is -2.08. The van der Waals surface area contributed by atoms with Gasteiger partial charge < -0.3 is 9.84 Å². The third kappa shape index (κ3) is 3.24. The zero-order valence-electron chi connectivity index (χ0n) is 9.13. The number of rotatable bonds is 4. The van der Waals surface area contributed by atoms with Gasteiger partial charge in [-0.25, -0.2) is 9.97 Å². The number of aliphatic hydroxyl groups excluding tert-OH is 1. The summed E-state index contributed by atoms with van der Waals surface area (Å²) in [5.74, 6) is 0.509. The minimum atomic E-state index is -0.550. The van der Waals surface area contributed by atoms with Crippen LogP contribution in [0.2, 0.25) is 0 Å². The topological polar surface area (TPSA) is 55.2 Å². The number of aromatic nitrogens is 2. The summed E-state index contributed by atoms with van der Waals surface area (Å²) in [5.41, 5.74) is 0.758. The van der Waals surface area contributed by atoms with Gasteiger partial charge in [-0.3, -0.25) is 0 Å². The Balaban J connectivity index is 2.09. The van der Waals surface area contributed by atoms with Crippen molar-refractivity contribution in [3.05, 3.63) is 38.9 Å². The van der Waals surface area contributed by atoms with Crippen molar-refractivity contribution in [2.24, 2.45) is 0 Å². The molecular formula is C11H11BrN2O2S. The van der Waals surface area contributed by atoms with Crippen LogP contribution >= 0.6 is 27.3 Å². The fourth-order valence-electron chi connectivity index (χ4n) is 1.41. The predicted molar refractivity (Wildman–Crippen MR) is 69.3 cm³/mol. The highest BCUT2D eigenvalue weighted by molar-refractivity contribution is 9.11. The second-order valence-corrected chi connectivity index (χ2v) is 5.91. The number of methoxy groups -OCH3 is 1. The maximum Gasteiger partial charge on any atom is 0.216 e. The Bertz CT molecular complexity index is 504. The lowest BCUT2D eigenvalue weighted by atomic mass is 10.1. The third-order valence-corrected chi connectivity index (χ3v) is 3.96. The zero-order valence-corrected chi connectivity index (χ0v) is 11.5. The lowest BCUT2D eigenvalue weighted by Crippen LogP contribution is -2.02. The van der Waals surface area contributed by atoms with Crippen molar-refractivity contribution in [1.29, 1.82) is 0 Å². The van der Waals surface area contributed by atoms with Crippen molar-refractivity contribution in [3.63, 3.8) is 0 Å². The van der Waals surface area contributed by atoms with Crippen LogP contribution in [-0.4, -0.2) is 22.2 Å². The summed E-state index contributed by atoms with van der Waals surface area (Å²) in [7, 11) is 1.55. The molecule has 1 unspecified atom stereocenters. The van der Waals surface area contributed by atoms with Crippen LogP contribution in [0.3, 0.4) is 0 Å². The van der Waals surface area contributed by atoms with Gasteiger partial charge in [0.1, 0.15) is 6.33 Å². The molecule has 0 aliphatic carbocycles. The van der Waals surface area contributed by atoms with E-state index in [-0.39, 0.29) is 0 Å². The first-order valence-electron chi connectivity index (χ1n) is 4.97. The highest BCUT2D eigenvalue weighted by atomic mass is 79.9. The monoisotopic (exact) mass is 314 g/mol. The molecule has 90 valence electrons. The molecule has 2 aromatic heterocycles. The van der Waals surface area contributed by atoms with E-state index in [2.05, 4.69) is 25.9 Å². The second kappa shape index (κ2) is 5.57. The molecule has 0 fully saturated rings. The van der Waals surface area contributed by atoms with Gasteiger partial charge in [-0.2, -0.15) is 0 Å². The largest absolute Gasteiger partial charge is 0.481 e. The van der Waals surface area contributed by atoms with Gasteiger partial charge in [-0.15, -0.1) is 11.3 Å². The first kappa shape index (κ1) is 12.5. The summed E-state index contributed by atoms with van der Waals surface area (Å²) in [6, 6.07) is 5.55. The van der Waals surface area contributed by atoms with Crippen molar-refractivity contribution < 1.29 is 9.84 Å². The average Bonchev–Trinajstić information content (AvgIpc) is 2.76. The Morgan fingerprint density at radius 1 is 1.47 bits per heavy atom. The molecule has 0 saturated heterocycles. The Morgan fingerprint density at radius 2 is 2.29 bits per heavy atom. The van der Waals surface area contributed by atoms with Gasteiger partial charge >= 0.3 is 0 Å². The molecule has 1 atom stereocenters. The minimum Gasteiger partial charge on any atom is -0.481 e. The summed E-state index contributed by atoms with van der Waals surface area (Å²) in [6.07, 6.45) is 1.34. The summed E-state index contributed by atoms with van der Waals surface area (Å²) >= 11 is 4.89. The smallest absolute Gasteiger partial charge is 0.216 e. The van der Waals surface area contributed by atoms with Crippen molar-refractivity contribution in [2.45, 2.75) is 12.5 Å². The van der Waals surface area contributed by atoms with Crippen LogP contribution in [0.15, 0.2) is 28.3 Å². The van der Waals surface area contributed by atoms with Gasteiger partial charge in [0.2, 0.25) is 5.88 Å². The van der Waals surface area contributed by atoms with E-state index < -0.39 is 6.10 Å². The molecule has 0 saturated carbocycles. The number of hydrogen-bond donors (Lipinski definition) is 1. The van der Waals surface area contributed by atoms with Crippen LogP contribution in [0.25, 0.3) is 0 Å². The number of halogens is 1. The molecule has 0 aromatic carbocycles. The second-order valence-electron chi connectivity index (χ2n) is 3.41. The van der Waals surface area contributed by atoms with Crippen LogP contribution in [0.4, 0.5) is 0 Å². The number of ether oxygens (including phenoxy) is 1. The quantitative estimate of drug-likeness (QED) is 0.942. The number of aliphatic hydroxyl groups is 1. The molecule has 1 N–H and O–H groups in total. The molecule has 2 aromatic rings. The first-order chi connectivity index (χ1) is 8.19. The van der Waals surface area contributed by atoms with Crippen LogP contribution in [0.5, 0.6) is 5.88 Å². The molecule has 0 radical (unpaired) electrons. The minimum absolute atomic E-state index is 0.450. The molecule has 0 amide bonds. The third-order valence-electron chi connectivity index (χ3n) is 2.23. The molecule has 0 aliphatic rings. The van der Waals surface area contributed by atoms with E-state index in [1.807, 2.05) is 12.1 Å². The number of hydrogen-bond acceptors (Lipinski definition) is 5. The zero-order chi connectivity index (χ0) is 12.3. The van der Waals surface area contributed by atoms with Crippen molar-refractivity contribution in [1.82, 2.24) is 9.97 Å². The maximum atomic E-state index is 10.0. The van der Waals surface area contributed by atoms with E-state index in [0.29, 0.717) is 12.3 Å². The molecule has 17 heavy (non-hydrogen) atoms. The summed E-state index contributed by atoms with van der Waals surface area (Å²) in [4.78, 5) is 8.94. The van der Waals surface area contributed by atoms with E-state index in [9.17, 15) is 5.11 Å². The van der Waals surface area contributed by atoms with Gasteiger partial charge in [0.15, 0.2) is 0 Å². The molecule has 4 nitrogen and oxygen atoms in total. The fourth-order valence-corrected chi connectivity index (χ4v) is 2.82. The number of thiophene rings is 1. The van der Waals surface area contributed by atoms with Crippen molar-refractivity contribution in [2.75, 3.05) is 7.11 Å². The molecule has 2 rings (SSSR count). The van der Waals surface area contributed by atoms with Crippen LogP contribution in [-0.2, 0) is 6.42 Å². The summed E-state index contributed by atoms with van der Waals surface area (Å²) in [6.45, 7) is 0. The molecular weight excluding hydrogens is 304 g/mol. The summed E-state index contributed by atoms with van der Waals surface area (Å²) < 4.78 is 6.01. The van der Waals surface area contributed by atoms with Crippen molar-refractivity contribution >= 4 is 27.3 Å². The van der Waals surface area contributed by atoms with Gasteiger partial charge in [-0.1, -0.05) is 0 Å². The van der Waals surface area contributed by atoms with Gasteiger partial charge in [0.25, 0.3) is 0 Å². The Morgan fingerprint density at radius 3 is 2.94 bits per heavy atom. The Labute approximate surface area is 111 Å². The van der Waals surface area contributed by atoms with Gasteiger partial charge in [-0.05, 0) is 28.1 Å². The standard InChI is InChI=1S/C11H11BrN2O2S/c1-16-11-5-7(13-6-14-11)4-8(15)9-2-3-10(12)17-9/h2-3,5-6,8,15H,4H2,1H3.